The fraction of sp³-hybridized carbons (Fsp3) is 0.800. The predicted molar refractivity (Wildman–Crippen MR) is 28.1 cm³/mol. The topological polar surface area (TPSA) is 46.5 Å². The summed E-state index contributed by atoms with van der Waals surface area (Å²) in [5.41, 5.74) is -1.69. The number of carbonyl (C=O) groups excluding carboxylic acids is 1. The Morgan fingerprint density at radius 1 is 1.89 bits per heavy atom. The van der Waals surface area contributed by atoms with Gasteiger partial charge in [0, 0.05) is 4.53 Å². The maximum absolute atomic E-state index is 11.1. The minimum atomic E-state index is -1.69. The molecule has 0 fully saturated rings. The Kier molecular flexibility index (Phi) is 2.58. The van der Waals surface area contributed by atoms with Crippen LogP contribution in [0.5, 0.6) is 0 Å². The first kappa shape index (κ1) is 8.36. The van der Waals surface area contributed by atoms with E-state index < -0.39 is 11.6 Å². The lowest BCUT2D eigenvalue weighted by Crippen LogP contribution is -2.34. The Labute approximate surface area is 52.3 Å². The van der Waals surface area contributed by atoms with Crippen LogP contribution in [0.4, 0.5) is 4.53 Å². The van der Waals surface area contributed by atoms with Gasteiger partial charge in [0.15, 0.2) is 5.60 Å². The van der Waals surface area contributed by atoms with Gasteiger partial charge in [-0.15, -0.1) is 0 Å². The first-order valence-electron chi connectivity index (χ1n) is 2.60. The third-order valence-corrected chi connectivity index (χ3v) is 1.20. The standard InChI is InChI=1S/C5H9FO3/c1-3-5(2,8)4(7)9-6/h8H,3H2,1-2H3. The van der Waals surface area contributed by atoms with E-state index in [4.69, 9.17) is 5.11 Å². The molecule has 0 rings (SSSR count). The van der Waals surface area contributed by atoms with Crippen LogP contribution in [0.3, 0.4) is 0 Å². The van der Waals surface area contributed by atoms with Crippen molar-refractivity contribution in [2.45, 2.75) is 25.9 Å². The van der Waals surface area contributed by atoms with E-state index in [0.29, 0.717) is 0 Å². The molecule has 0 saturated carbocycles. The molecule has 4 heteroatoms. The summed E-state index contributed by atoms with van der Waals surface area (Å²) in [7, 11) is 0. The lowest BCUT2D eigenvalue weighted by atomic mass is 10.1. The molecule has 1 unspecified atom stereocenters. The van der Waals surface area contributed by atoms with Crippen molar-refractivity contribution < 1.29 is 19.4 Å². The van der Waals surface area contributed by atoms with Gasteiger partial charge < -0.3 is 5.11 Å². The van der Waals surface area contributed by atoms with Crippen LogP contribution in [-0.4, -0.2) is 16.7 Å². The van der Waals surface area contributed by atoms with E-state index in [9.17, 15) is 9.32 Å². The maximum atomic E-state index is 11.1. The van der Waals surface area contributed by atoms with Crippen molar-refractivity contribution in [2.24, 2.45) is 0 Å². The zero-order valence-corrected chi connectivity index (χ0v) is 5.35. The van der Waals surface area contributed by atoms with Crippen LogP contribution in [0, 0.1) is 0 Å². The number of halogens is 1. The van der Waals surface area contributed by atoms with Crippen molar-refractivity contribution >= 4 is 5.97 Å². The van der Waals surface area contributed by atoms with Gasteiger partial charge in [0.1, 0.15) is 0 Å². The third kappa shape index (κ3) is 1.97. The molecular formula is C5H9FO3. The van der Waals surface area contributed by atoms with Crippen LogP contribution < -0.4 is 0 Å². The van der Waals surface area contributed by atoms with Crippen molar-refractivity contribution in [3.8, 4) is 0 Å². The molecule has 1 N–H and O–H groups in total. The van der Waals surface area contributed by atoms with E-state index in [2.05, 4.69) is 4.94 Å². The lowest BCUT2D eigenvalue weighted by Gasteiger charge is -2.14. The third-order valence-electron chi connectivity index (χ3n) is 1.20. The Balaban J connectivity index is 3.97. The second kappa shape index (κ2) is 2.77. The van der Waals surface area contributed by atoms with Crippen molar-refractivity contribution in [1.29, 1.82) is 0 Å². The smallest absolute Gasteiger partial charge is 0.378 e. The van der Waals surface area contributed by atoms with E-state index in [1.165, 1.54) is 6.92 Å². The van der Waals surface area contributed by atoms with E-state index in [1.54, 1.807) is 6.92 Å². The second-order valence-electron chi connectivity index (χ2n) is 1.99. The molecule has 0 bridgehead atoms. The molecule has 0 radical (unpaired) electrons. The monoisotopic (exact) mass is 136 g/mol. The van der Waals surface area contributed by atoms with E-state index in [0.717, 1.165) is 0 Å². The number of aliphatic hydroxyl groups is 1. The van der Waals surface area contributed by atoms with Gasteiger partial charge in [-0.3, -0.25) is 4.94 Å². The van der Waals surface area contributed by atoms with Crippen LogP contribution >= 0.6 is 0 Å². The van der Waals surface area contributed by atoms with Gasteiger partial charge >= 0.3 is 5.97 Å². The molecule has 0 aromatic rings. The van der Waals surface area contributed by atoms with Gasteiger partial charge in [-0.25, -0.2) is 4.79 Å². The number of hydrogen-bond acceptors (Lipinski definition) is 3. The highest BCUT2D eigenvalue weighted by molar-refractivity contribution is 5.77. The Hall–Kier alpha value is -0.640. The molecule has 0 spiro atoms. The highest BCUT2D eigenvalue weighted by Crippen LogP contribution is 2.10. The zero-order valence-electron chi connectivity index (χ0n) is 5.35. The minimum absolute atomic E-state index is 0.135. The average molecular weight is 136 g/mol. The average Bonchev–Trinajstić information content (AvgIpc) is 1.86. The largest absolute Gasteiger partial charge is 0.379 e. The predicted octanol–water partition coefficient (Wildman–Crippen LogP) is 0.575. The Morgan fingerprint density at radius 2 is 2.33 bits per heavy atom. The highest BCUT2D eigenvalue weighted by Gasteiger charge is 2.30. The lowest BCUT2D eigenvalue weighted by molar-refractivity contribution is -0.204. The number of hydrogen-bond donors (Lipinski definition) is 1. The molecule has 9 heavy (non-hydrogen) atoms. The first-order chi connectivity index (χ1) is 4.04. The molecule has 3 nitrogen and oxygen atoms in total. The van der Waals surface area contributed by atoms with Crippen molar-refractivity contribution in [1.82, 2.24) is 0 Å². The van der Waals surface area contributed by atoms with Crippen LogP contribution in [0.15, 0.2) is 0 Å². The number of rotatable bonds is 2. The fourth-order valence-electron chi connectivity index (χ4n) is 0.227. The molecule has 0 saturated heterocycles. The zero-order chi connectivity index (χ0) is 7.49. The first-order valence-corrected chi connectivity index (χ1v) is 2.60. The quantitative estimate of drug-likeness (QED) is 0.603. The molecule has 0 aliphatic heterocycles. The summed E-state index contributed by atoms with van der Waals surface area (Å²) in [5, 5.41) is 8.88. The Morgan fingerprint density at radius 3 is 2.44 bits per heavy atom. The molecule has 0 amide bonds. The Bertz CT molecular complexity index is 111. The maximum Gasteiger partial charge on any atom is 0.379 e. The second-order valence-corrected chi connectivity index (χ2v) is 1.99. The fourth-order valence-corrected chi connectivity index (χ4v) is 0.227. The molecule has 0 aliphatic rings. The summed E-state index contributed by atoms with van der Waals surface area (Å²) >= 11 is 0. The summed E-state index contributed by atoms with van der Waals surface area (Å²) in [6.07, 6.45) is 0.135. The molecule has 54 valence electrons. The summed E-state index contributed by atoms with van der Waals surface area (Å²) in [4.78, 5) is 13.0. The van der Waals surface area contributed by atoms with Crippen LogP contribution in [0.25, 0.3) is 0 Å². The van der Waals surface area contributed by atoms with Gasteiger partial charge in [-0.05, 0) is 13.3 Å². The molecule has 0 aromatic heterocycles. The molecule has 0 aromatic carbocycles. The normalized spacial score (nSPS) is 16.4. The molecule has 1 atom stereocenters. The van der Waals surface area contributed by atoms with Crippen LogP contribution in [0.2, 0.25) is 0 Å². The summed E-state index contributed by atoms with van der Waals surface area (Å²) < 4.78 is 11.1. The van der Waals surface area contributed by atoms with Crippen LogP contribution in [0.1, 0.15) is 20.3 Å². The summed E-state index contributed by atoms with van der Waals surface area (Å²) in [6, 6.07) is 0. The minimum Gasteiger partial charge on any atom is -0.378 e. The van der Waals surface area contributed by atoms with Crippen molar-refractivity contribution in [3.63, 3.8) is 0 Å². The van der Waals surface area contributed by atoms with Gasteiger partial charge in [0.25, 0.3) is 0 Å². The highest BCUT2D eigenvalue weighted by atomic mass is 19.3. The van der Waals surface area contributed by atoms with E-state index >= 15 is 0 Å². The van der Waals surface area contributed by atoms with E-state index in [1.807, 2.05) is 0 Å². The van der Waals surface area contributed by atoms with E-state index in [-0.39, 0.29) is 6.42 Å². The molecular weight excluding hydrogens is 127 g/mol. The summed E-state index contributed by atoms with van der Waals surface area (Å²) in [6.45, 7) is 2.74. The van der Waals surface area contributed by atoms with Gasteiger partial charge in [0.05, 0.1) is 0 Å². The SMILES string of the molecule is CCC(C)(O)C(=O)OF. The molecule has 0 aliphatic carbocycles. The van der Waals surface area contributed by atoms with Crippen molar-refractivity contribution in [2.75, 3.05) is 0 Å². The van der Waals surface area contributed by atoms with Crippen molar-refractivity contribution in [3.05, 3.63) is 0 Å². The molecule has 0 heterocycles. The number of carbonyl (C=O) groups is 1. The van der Waals surface area contributed by atoms with Crippen LogP contribution in [-0.2, 0) is 9.74 Å². The van der Waals surface area contributed by atoms with Gasteiger partial charge in [-0.1, -0.05) is 6.92 Å². The summed E-state index contributed by atoms with van der Waals surface area (Å²) in [5.74, 6) is -1.25. The van der Waals surface area contributed by atoms with Gasteiger partial charge in [0.2, 0.25) is 0 Å². The van der Waals surface area contributed by atoms with Gasteiger partial charge in [-0.2, -0.15) is 0 Å².